The molecule has 0 saturated heterocycles. The van der Waals surface area contributed by atoms with Gasteiger partial charge in [-0.15, -0.1) is 0 Å². The number of hydrogen-bond acceptors (Lipinski definition) is 3. The van der Waals surface area contributed by atoms with Gasteiger partial charge in [-0.25, -0.2) is 0 Å². The summed E-state index contributed by atoms with van der Waals surface area (Å²) in [6, 6.07) is 12.0. The first-order valence-electron chi connectivity index (χ1n) is 6.16. The van der Waals surface area contributed by atoms with Gasteiger partial charge in [0.15, 0.2) is 0 Å². The minimum atomic E-state index is -4.23. The number of benzene rings is 2. The number of aryl methyl sites for hydroxylation is 1. The third-order valence-electron chi connectivity index (χ3n) is 3.23. The van der Waals surface area contributed by atoms with Gasteiger partial charge in [-0.3, -0.25) is 4.55 Å². The molecule has 106 valence electrons. The molecular weight excluding hydrogens is 276 g/mol. The zero-order chi connectivity index (χ0) is 14.8. The molecule has 0 radical (unpaired) electrons. The van der Waals surface area contributed by atoms with Crippen LogP contribution in [0.2, 0.25) is 0 Å². The van der Waals surface area contributed by atoms with E-state index < -0.39 is 10.1 Å². The van der Waals surface area contributed by atoms with Crippen LogP contribution in [0.5, 0.6) is 0 Å². The van der Waals surface area contributed by atoms with Gasteiger partial charge in [-0.05, 0) is 41.7 Å². The number of aliphatic hydroxyl groups is 1. The maximum Gasteiger partial charge on any atom is 0.294 e. The molecule has 0 unspecified atom stereocenters. The Labute approximate surface area is 118 Å². The molecule has 20 heavy (non-hydrogen) atoms. The summed E-state index contributed by atoms with van der Waals surface area (Å²) in [6.45, 7) is 1.85. The van der Waals surface area contributed by atoms with Crippen molar-refractivity contribution in [1.29, 1.82) is 0 Å². The lowest BCUT2D eigenvalue weighted by Gasteiger charge is -2.09. The van der Waals surface area contributed by atoms with E-state index in [1.54, 1.807) is 18.2 Å². The fraction of sp³-hybridized carbons (Fsp3) is 0.200. The molecule has 0 heterocycles. The summed E-state index contributed by atoms with van der Waals surface area (Å²) in [5, 5.41) is 9.26. The topological polar surface area (TPSA) is 74.6 Å². The van der Waals surface area contributed by atoms with E-state index in [1.807, 2.05) is 25.1 Å². The largest absolute Gasteiger partial charge is 0.392 e. The van der Waals surface area contributed by atoms with Crippen LogP contribution in [0.15, 0.2) is 47.4 Å². The van der Waals surface area contributed by atoms with E-state index in [-0.39, 0.29) is 11.5 Å². The highest BCUT2D eigenvalue weighted by Crippen LogP contribution is 2.20. The molecule has 2 rings (SSSR count). The predicted molar refractivity (Wildman–Crippen MR) is 76.2 cm³/mol. The molecule has 4 nitrogen and oxygen atoms in total. The average Bonchev–Trinajstić information content (AvgIpc) is 2.40. The second-order valence-electron chi connectivity index (χ2n) is 4.68. The molecule has 0 aromatic heterocycles. The Balaban J connectivity index is 2.41. The minimum absolute atomic E-state index is 0.0559. The van der Waals surface area contributed by atoms with E-state index >= 15 is 0 Å². The van der Waals surface area contributed by atoms with Gasteiger partial charge in [0.1, 0.15) is 0 Å². The highest BCUT2D eigenvalue weighted by atomic mass is 32.2. The maximum atomic E-state index is 11.3. The molecule has 0 aliphatic carbocycles. The van der Waals surface area contributed by atoms with Crippen LogP contribution in [0.1, 0.15) is 22.3 Å². The van der Waals surface area contributed by atoms with Crippen molar-refractivity contribution in [3.63, 3.8) is 0 Å². The molecule has 0 saturated carbocycles. The third-order valence-corrected chi connectivity index (χ3v) is 4.18. The molecule has 0 spiro atoms. The molecule has 2 aromatic rings. The highest BCUT2D eigenvalue weighted by molar-refractivity contribution is 7.85. The van der Waals surface area contributed by atoms with Crippen molar-refractivity contribution in [2.45, 2.75) is 24.8 Å². The first-order chi connectivity index (χ1) is 9.41. The van der Waals surface area contributed by atoms with Crippen molar-refractivity contribution in [3.8, 4) is 0 Å². The average molecular weight is 292 g/mol. The molecule has 0 bridgehead atoms. The van der Waals surface area contributed by atoms with Gasteiger partial charge in [0.25, 0.3) is 10.1 Å². The van der Waals surface area contributed by atoms with E-state index in [2.05, 4.69) is 0 Å². The minimum Gasteiger partial charge on any atom is -0.392 e. The Kier molecular flexibility index (Phi) is 4.23. The Morgan fingerprint density at radius 3 is 2.40 bits per heavy atom. The summed E-state index contributed by atoms with van der Waals surface area (Å²) in [7, 11) is -4.23. The Morgan fingerprint density at radius 2 is 1.75 bits per heavy atom. The number of hydrogen-bond donors (Lipinski definition) is 2. The Bertz CT molecular complexity index is 720. The lowest BCUT2D eigenvalue weighted by molar-refractivity contribution is 0.281. The number of rotatable bonds is 4. The summed E-state index contributed by atoms with van der Waals surface area (Å²) in [5.74, 6) is 0. The third kappa shape index (κ3) is 3.25. The van der Waals surface area contributed by atoms with Crippen LogP contribution < -0.4 is 0 Å². The van der Waals surface area contributed by atoms with Crippen LogP contribution in [0.3, 0.4) is 0 Å². The Morgan fingerprint density at radius 1 is 1.05 bits per heavy atom. The van der Waals surface area contributed by atoms with Crippen molar-refractivity contribution < 1.29 is 18.1 Å². The van der Waals surface area contributed by atoms with Crippen LogP contribution in [-0.4, -0.2) is 18.1 Å². The normalized spacial score (nSPS) is 11.6. The van der Waals surface area contributed by atoms with Gasteiger partial charge >= 0.3 is 0 Å². The predicted octanol–water partition coefficient (Wildman–Crippen LogP) is 2.32. The van der Waals surface area contributed by atoms with E-state index in [0.717, 1.165) is 16.7 Å². The molecule has 0 aliphatic heterocycles. The molecule has 2 N–H and O–H groups in total. The van der Waals surface area contributed by atoms with Gasteiger partial charge in [-0.2, -0.15) is 8.42 Å². The van der Waals surface area contributed by atoms with Crippen molar-refractivity contribution in [2.24, 2.45) is 0 Å². The van der Waals surface area contributed by atoms with Gasteiger partial charge in [0.05, 0.1) is 11.5 Å². The van der Waals surface area contributed by atoms with Gasteiger partial charge < -0.3 is 5.11 Å². The molecule has 0 amide bonds. The standard InChI is InChI=1S/C15H16O4S/c1-11-6-7-12(9-14(11)10-16)8-13-4-2-3-5-15(13)20(17,18)19/h2-7,9,16H,8,10H2,1H3,(H,17,18,19). The van der Waals surface area contributed by atoms with Gasteiger partial charge in [0.2, 0.25) is 0 Å². The van der Waals surface area contributed by atoms with E-state index in [0.29, 0.717) is 12.0 Å². The molecule has 2 aromatic carbocycles. The van der Waals surface area contributed by atoms with Crippen LogP contribution in [0, 0.1) is 6.92 Å². The second kappa shape index (κ2) is 5.75. The van der Waals surface area contributed by atoms with Crippen molar-refractivity contribution in [3.05, 3.63) is 64.7 Å². The molecule has 0 atom stereocenters. The lowest BCUT2D eigenvalue weighted by atomic mass is 10.00. The van der Waals surface area contributed by atoms with Gasteiger partial charge in [-0.1, -0.05) is 36.4 Å². The van der Waals surface area contributed by atoms with Crippen LogP contribution in [-0.2, 0) is 23.1 Å². The van der Waals surface area contributed by atoms with E-state index in [1.165, 1.54) is 6.07 Å². The zero-order valence-corrected chi connectivity index (χ0v) is 11.9. The quantitative estimate of drug-likeness (QED) is 0.848. The fourth-order valence-corrected chi connectivity index (χ4v) is 2.85. The first-order valence-corrected chi connectivity index (χ1v) is 7.60. The molecular formula is C15H16O4S. The number of aliphatic hydroxyl groups excluding tert-OH is 1. The summed E-state index contributed by atoms with van der Waals surface area (Å²) in [4.78, 5) is -0.0777. The van der Waals surface area contributed by atoms with Crippen molar-refractivity contribution >= 4 is 10.1 Å². The SMILES string of the molecule is Cc1ccc(Cc2ccccc2S(=O)(=O)O)cc1CO. The van der Waals surface area contributed by atoms with Crippen LogP contribution >= 0.6 is 0 Å². The van der Waals surface area contributed by atoms with Crippen LogP contribution in [0.4, 0.5) is 0 Å². The van der Waals surface area contributed by atoms with Crippen LogP contribution in [0.25, 0.3) is 0 Å². The summed E-state index contributed by atoms with van der Waals surface area (Å²) in [6.07, 6.45) is 0.378. The second-order valence-corrected chi connectivity index (χ2v) is 6.07. The molecule has 0 fully saturated rings. The monoisotopic (exact) mass is 292 g/mol. The van der Waals surface area contributed by atoms with Crippen molar-refractivity contribution in [1.82, 2.24) is 0 Å². The zero-order valence-electron chi connectivity index (χ0n) is 11.1. The lowest BCUT2D eigenvalue weighted by Crippen LogP contribution is -2.04. The van der Waals surface area contributed by atoms with E-state index in [4.69, 9.17) is 0 Å². The smallest absolute Gasteiger partial charge is 0.294 e. The first kappa shape index (κ1) is 14.7. The van der Waals surface area contributed by atoms with Gasteiger partial charge in [0, 0.05) is 0 Å². The van der Waals surface area contributed by atoms with Crippen molar-refractivity contribution in [2.75, 3.05) is 0 Å². The fourth-order valence-electron chi connectivity index (χ4n) is 2.13. The summed E-state index contributed by atoms with van der Waals surface area (Å²) >= 11 is 0. The summed E-state index contributed by atoms with van der Waals surface area (Å²) in [5.41, 5.74) is 3.21. The van der Waals surface area contributed by atoms with E-state index in [9.17, 15) is 18.1 Å². The highest BCUT2D eigenvalue weighted by Gasteiger charge is 2.14. The summed E-state index contributed by atoms with van der Waals surface area (Å²) < 4.78 is 31.9. The molecule has 0 aliphatic rings. The molecule has 5 heteroatoms. The maximum absolute atomic E-state index is 11.3. The Hall–Kier alpha value is -1.69.